The van der Waals surface area contributed by atoms with Crippen molar-refractivity contribution >= 4 is 27.7 Å². The van der Waals surface area contributed by atoms with Crippen molar-refractivity contribution in [3.8, 4) is 5.75 Å². The van der Waals surface area contributed by atoms with Gasteiger partial charge in [0.1, 0.15) is 5.75 Å². The Labute approximate surface area is 103 Å². The van der Waals surface area contributed by atoms with Gasteiger partial charge in [-0.15, -0.1) is 0 Å². The minimum Gasteiger partial charge on any atom is -0.426 e. The quantitative estimate of drug-likeness (QED) is 0.371. The normalized spacial score (nSPS) is 10.0. The molecule has 0 saturated heterocycles. The van der Waals surface area contributed by atoms with E-state index in [2.05, 4.69) is 15.9 Å². The lowest BCUT2D eigenvalue weighted by Crippen LogP contribution is -2.07. The molecule has 0 aliphatic carbocycles. The number of carbonyl (C=O) groups is 2. The van der Waals surface area contributed by atoms with Crippen LogP contribution in [0.4, 0.5) is 0 Å². The molecule has 1 aromatic carbocycles. The molecule has 0 unspecified atom stereocenters. The molecule has 0 aliphatic rings. The van der Waals surface area contributed by atoms with E-state index in [1.807, 2.05) is 13.8 Å². The van der Waals surface area contributed by atoms with Crippen LogP contribution in [0.15, 0.2) is 12.1 Å². The third-order valence-electron chi connectivity index (χ3n) is 2.15. The standard InChI is InChI=1S/C12H13BrO3/c1-7-4-10(11(15)6-13)5-8(2)12(7)16-9(3)14/h4-5H,6H2,1-3H3. The summed E-state index contributed by atoms with van der Waals surface area (Å²) in [7, 11) is 0. The van der Waals surface area contributed by atoms with Crippen LogP contribution in [0.25, 0.3) is 0 Å². The lowest BCUT2D eigenvalue weighted by molar-refractivity contribution is -0.131. The largest absolute Gasteiger partial charge is 0.426 e. The molecule has 0 N–H and O–H groups in total. The lowest BCUT2D eigenvalue weighted by atomic mass is 10.0. The molecule has 0 amide bonds. The first-order chi connectivity index (χ1) is 7.45. The summed E-state index contributed by atoms with van der Waals surface area (Å²) in [5, 5.41) is 0.290. The van der Waals surface area contributed by atoms with Gasteiger partial charge in [0.2, 0.25) is 0 Å². The Morgan fingerprint density at radius 1 is 1.25 bits per heavy atom. The Balaban J connectivity index is 3.17. The number of esters is 1. The van der Waals surface area contributed by atoms with E-state index in [1.54, 1.807) is 12.1 Å². The Morgan fingerprint density at radius 2 is 1.75 bits per heavy atom. The molecule has 3 nitrogen and oxygen atoms in total. The number of halogens is 1. The van der Waals surface area contributed by atoms with E-state index in [-0.39, 0.29) is 11.8 Å². The molecule has 0 atom stereocenters. The summed E-state index contributed by atoms with van der Waals surface area (Å²) >= 11 is 3.12. The highest BCUT2D eigenvalue weighted by Crippen LogP contribution is 2.25. The van der Waals surface area contributed by atoms with Gasteiger partial charge in [-0.3, -0.25) is 9.59 Å². The van der Waals surface area contributed by atoms with Gasteiger partial charge in [-0.1, -0.05) is 15.9 Å². The Morgan fingerprint density at radius 3 is 2.12 bits per heavy atom. The summed E-state index contributed by atoms with van der Waals surface area (Å²) in [5.74, 6) is 0.199. The van der Waals surface area contributed by atoms with Crippen molar-refractivity contribution in [3.05, 3.63) is 28.8 Å². The Bertz CT molecular complexity index is 415. The Kier molecular flexibility index (Phi) is 4.24. The first kappa shape index (κ1) is 12.9. The van der Waals surface area contributed by atoms with E-state index in [4.69, 9.17) is 4.74 Å². The fraction of sp³-hybridized carbons (Fsp3) is 0.333. The summed E-state index contributed by atoms with van der Waals surface area (Å²) in [4.78, 5) is 22.4. The molecule has 0 aromatic heterocycles. The second kappa shape index (κ2) is 5.25. The van der Waals surface area contributed by atoms with Crippen LogP contribution < -0.4 is 4.74 Å². The first-order valence-corrected chi connectivity index (χ1v) is 5.96. The van der Waals surface area contributed by atoms with Crippen molar-refractivity contribution in [1.82, 2.24) is 0 Å². The molecular weight excluding hydrogens is 272 g/mol. The van der Waals surface area contributed by atoms with Crippen LogP contribution >= 0.6 is 15.9 Å². The second-order valence-electron chi connectivity index (χ2n) is 3.59. The van der Waals surface area contributed by atoms with Gasteiger partial charge in [0.15, 0.2) is 5.78 Å². The number of Topliss-reactive ketones (excluding diaryl/α,β-unsaturated/α-hetero) is 1. The van der Waals surface area contributed by atoms with Gasteiger partial charge in [0.25, 0.3) is 0 Å². The zero-order valence-corrected chi connectivity index (χ0v) is 11.1. The summed E-state index contributed by atoms with van der Waals surface area (Å²) in [6.45, 7) is 4.99. The average molecular weight is 285 g/mol. The molecule has 1 rings (SSSR count). The topological polar surface area (TPSA) is 43.4 Å². The van der Waals surface area contributed by atoms with E-state index >= 15 is 0 Å². The van der Waals surface area contributed by atoms with Crippen LogP contribution in [0.2, 0.25) is 0 Å². The van der Waals surface area contributed by atoms with Crippen molar-refractivity contribution in [3.63, 3.8) is 0 Å². The maximum atomic E-state index is 11.5. The van der Waals surface area contributed by atoms with E-state index in [9.17, 15) is 9.59 Å². The van der Waals surface area contributed by atoms with E-state index in [1.165, 1.54) is 6.92 Å². The number of rotatable bonds is 3. The van der Waals surface area contributed by atoms with Crippen molar-refractivity contribution in [2.75, 3.05) is 5.33 Å². The van der Waals surface area contributed by atoms with Crippen LogP contribution in [-0.4, -0.2) is 17.1 Å². The summed E-state index contributed by atoms with van der Waals surface area (Å²) in [6.07, 6.45) is 0. The van der Waals surface area contributed by atoms with Gasteiger partial charge < -0.3 is 4.74 Å². The third kappa shape index (κ3) is 2.92. The molecule has 0 spiro atoms. The van der Waals surface area contributed by atoms with Gasteiger partial charge in [-0.25, -0.2) is 0 Å². The number of aryl methyl sites for hydroxylation is 2. The van der Waals surface area contributed by atoms with Crippen LogP contribution in [0.1, 0.15) is 28.4 Å². The molecule has 0 aliphatic heterocycles. The van der Waals surface area contributed by atoms with Gasteiger partial charge in [-0.05, 0) is 37.1 Å². The van der Waals surface area contributed by atoms with Crippen LogP contribution in [-0.2, 0) is 4.79 Å². The van der Waals surface area contributed by atoms with Crippen molar-refractivity contribution in [1.29, 1.82) is 0 Å². The molecule has 86 valence electrons. The SMILES string of the molecule is CC(=O)Oc1c(C)cc(C(=O)CBr)cc1C. The highest BCUT2D eigenvalue weighted by atomic mass is 79.9. The van der Waals surface area contributed by atoms with E-state index < -0.39 is 0 Å². The minimum atomic E-state index is -0.356. The molecule has 0 radical (unpaired) electrons. The number of benzene rings is 1. The fourth-order valence-electron chi connectivity index (χ4n) is 1.49. The zero-order valence-electron chi connectivity index (χ0n) is 9.46. The van der Waals surface area contributed by atoms with Crippen molar-refractivity contribution < 1.29 is 14.3 Å². The van der Waals surface area contributed by atoms with Gasteiger partial charge in [0, 0.05) is 12.5 Å². The number of ether oxygens (including phenoxy) is 1. The summed E-state index contributed by atoms with van der Waals surface area (Å²) in [5.41, 5.74) is 2.21. The molecule has 0 saturated carbocycles. The third-order valence-corrected chi connectivity index (χ3v) is 2.66. The predicted molar refractivity (Wildman–Crippen MR) is 65.3 cm³/mol. The van der Waals surface area contributed by atoms with Gasteiger partial charge in [0.05, 0.1) is 5.33 Å². The molecule has 4 heteroatoms. The number of carbonyl (C=O) groups excluding carboxylic acids is 2. The molecule has 0 fully saturated rings. The highest BCUT2D eigenvalue weighted by molar-refractivity contribution is 9.09. The zero-order chi connectivity index (χ0) is 12.3. The van der Waals surface area contributed by atoms with Crippen LogP contribution in [0.5, 0.6) is 5.75 Å². The van der Waals surface area contributed by atoms with Crippen LogP contribution in [0.3, 0.4) is 0 Å². The highest BCUT2D eigenvalue weighted by Gasteiger charge is 2.12. The maximum Gasteiger partial charge on any atom is 0.308 e. The van der Waals surface area contributed by atoms with Gasteiger partial charge in [-0.2, -0.15) is 0 Å². The van der Waals surface area contributed by atoms with Crippen molar-refractivity contribution in [2.24, 2.45) is 0 Å². The number of hydrogen-bond donors (Lipinski definition) is 0. The first-order valence-electron chi connectivity index (χ1n) is 4.84. The number of ketones is 1. The summed E-state index contributed by atoms with van der Waals surface area (Å²) in [6, 6.07) is 3.46. The number of alkyl halides is 1. The Hall–Kier alpha value is -1.16. The average Bonchev–Trinajstić information content (AvgIpc) is 2.21. The van der Waals surface area contributed by atoms with Crippen molar-refractivity contribution in [2.45, 2.75) is 20.8 Å². The number of hydrogen-bond acceptors (Lipinski definition) is 3. The fourth-order valence-corrected chi connectivity index (χ4v) is 1.82. The monoisotopic (exact) mass is 284 g/mol. The lowest BCUT2D eigenvalue weighted by Gasteiger charge is -2.10. The second-order valence-corrected chi connectivity index (χ2v) is 4.15. The maximum absolute atomic E-state index is 11.5. The summed E-state index contributed by atoms with van der Waals surface area (Å²) < 4.78 is 5.08. The minimum absolute atomic E-state index is 0.0144. The molecule has 16 heavy (non-hydrogen) atoms. The molecule has 1 aromatic rings. The van der Waals surface area contributed by atoms with E-state index in [0.29, 0.717) is 16.6 Å². The van der Waals surface area contributed by atoms with Gasteiger partial charge >= 0.3 is 5.97 Å². The molecule has 0 heterocycles. The molecule has 0 bridgehead atoms. The molecular formula is C12H13BrO3. The smallest absolute Gasteiger partial charge is 0.308 e. The van der Waals surface area contributed by atoms with Crippen LogP contribution in [0, 0.1) is 13.8 Å². The predicted octanol–water partition coefficient (Wildman–Crippen LogP) is 2.81. The van der Waals surface area contributed by atoms with E-state index in [0.717, 1.165) is 11.1 Å².